The summed E-state index contributed by atoms with van der Waals surface area (Å²) in [7, 11) is 0. The Labute approximate surface area is 366 Å². The van der Waals surface area contributed by atoms with E-state index in [0.29, 0.717) is 10.6 Å². The minimum absolute atomic E-state index is 0.226. The zero-order valence-electron chi connectivity index (χ0n) is 35.4. The first-order valence-corrected chi connectivity index (χ1v) is 20.2. The Bertz CT molecular complexity index is 1880. The van der Waals surface area contributed by atoms with Gasteiger partial charge in [-0.15, -0.1) is 0 Å². The fraction of sp³-hybridized carbons (Fsp3) is 0.600. The molecule has 2 aromatic rings. The number of carboxylic acid groups (broad SMARTS) is 1. The monoisotopic (exact) mass is 908 g/mol. The lowest BCUT2D eigenvalue weighted by molar-refractivity contribution is -0.331. The number of aliphatic hydroxyl groups excluding tert-OH is 6. The molecule has 4 rings (SSSR count). The maximum Gasteiger partial charge on any atom is 0.364 e. The first-order valence-electron chi connectivity index (χ1n) is 20.2. The van der Waals surface area contributed by atoms with Crippen LogP contribution in [-0.2, 0) is 49.3 Å². The van der Waals surface area contributed by atoms with Crippen molar-refractivity contribution in [1.29, 1.82) is 0 Å². The highest BCUT2D eigenvalue weighted by atomic mass is 16.7. The van der Waals surface area contributed by atoms with Crippen LogP contribution in [0.15, 0.2) is 65.0 Å². The molecule has 2 aliphatic heterocycles. The van der Waals surface area contributed by atoms with E-state index in [1.54, 1.807) is 24.3 Å². The first-order chi connectivity index (χ1) is 30.2. The second-order valence-electron chi connectivity index (χ2n) is 15.6. The molecule has 15 atom stereocenters. The van der Waals surface area contributed by atoms with Crippen LogP contribution in [0.5, 0.6) is 0 Å². The number of aliphatic hydroxyl groups is 6. The van der Waals surface area contributed by atoms with Crippen molar-refractivity contribution in [2.45, 2.75) is 132 Å². The molecule has 5 unspecified atom stereocenters. The van der Waals surface area contributed by atoms with Gasteiger partial charge in [-0.05, 0) is 30.5 Å². The minimum Gasteiger partial charge on any atom is -0.477 e. The van der Waals surface area contributed by atoms with Crippen molar-refractivity contribution in [1.82, 2.24) is 15.6 Å². The van der Waals surface area contributed by atoms with Gasteiger partial charge in [-0.2, -0.15) is 9.81 Å². The van der Waals surface area contributed by atoms with Crippen LogP contribution in [0.25, 0.3) is 11.1 Å². The molecule has 2 aliphatic rings. The van der Waals surface area contributed by atoms with Gasteiger partial charge in [0, 0.05) is 20.3 Å². The van der Waals surface area contributed by atoms with Crippen LogP contribution in [0, 0.1) is 9.81 Å². The van der Waals surface area contributed by atoms with Crippen LogP contribution in [0.1, 0.15) is 39.7 Å². The van der Waals surface area contributed by atoms with Crippen LogP contribution >= 0.6 is 0 Å². The quantitative estimate of drug-likeness (QED) is 0.0196. The van der Waals surface area contributed by atoms with Crippen molar-refractivity contribution >= 4 is 23.7 Å². The fourth-order valence-corrected chi connectivity index (χ4v) is 7.21. The smallest absolute Gasteiger partial charge is 0.364 e. The first kappa shape index (κ1) is 51.7. The average molecular weight is 909 g/mol. The Morgan fingerprint density at radius 1 is 0.922 bits per heavy atom. The number of nitrogens with one attached hydrogen (secondary N) is 2. The number of hydrogen-bond acceptors (Lipinski definition) is 20. The number of hydrazine groups is 1. The lowest BCUT2D eigenvalue weighted by Gasteiger charge is -2.47. The Balaban J connectivity index is 1.52. The van der Waals surface area contributed by atoms with Crippen molar-refractivity contribution in [3.05, 3.63) is 70.0 Å². The molecule has 0 saturated carbocycles. The van der Waals surface area contributed by atoms with E-state index in [9.17, 15) is 64.7 Å². The molecule has 64 heavy (non-hydrogen) atoms. The standard InChI is InChI=1S/C40H56N6O18/c1-19(47)29(62-38(20(2)48)63-35-28(16-42-58)61-37(55)32(34(35)54)44-22(4)50)18-60-40(39(56)57)15-27(51)31(43-21(3)49)36(64-40)33(53)26(45-59)17-46(41)30(52)14-23-10-12-25(13-11-23)24-8-6-5-7-9-24/h5-13,19-20,26-29,31-38,47-48,51,53-55H,14-18,41H2,1-4H3,(H,43,49)(H,44,50)(H,56,57)/t19?,20-,26+,27+,28?,29?,31+,32?,33+,34+,35+,36?,37+,38-,40+/m0/s1. The highest BCUT2D eigenvalue weighted by Crippen LogP contribution is 2.35. The Kier molecular flexibility index (Phi) is 18.8. The highest BCUT2D eigenvalue weighted by molar-refractivity contribution is 5.79. The Morgan fingerprint density at radius 2 is 1.53 bits per heavy atom. The SMILES string of the molecule is CC(=O)NC1[C@H](O)OC(CN=O)[C@@H](O[C@H](OC(CO[C@]2(C(=O)O)C[C@@H](O)[C@@H](NC(C)=O)C([C@H](O)[C@@H](CN(N)C(=O)Cc3ccc(-c4ccccc4)cc3)N=O)O2)C(C)O)[C@H](C)O)[C@@H]1O. The molecule has 11 N–H and O–H groups in total. The maximum absolute atomic E-state index is 13.2. The molecule has 0 aromatic heterocycles. The molecule has 0 spiro atoms. The molecular weight excluding hydrogens is 852 g/mol. The number of amides is 3. The van der Waals surface area contributed by atoms with E-state index in [-0.39, 0.29) is 6.42 Å². The summed E-state index contributed by atoms with van der Waals surface area (Å²) in [6.45, 7) is 2.14. The normalized spacial score (nSPS) is 28.6. The van der Waals surface area contributed by atoms with E-state index in [1.165, 1.54) is 6.92 Å². The lowest BCUT2D eigenvalue weighted by atomic mass is 9.87. The van der Waals surface area contributed by atoms with Crippen molar-refractivity contribution in [2.75, 3.05) is 19.7 Å². The topological polar surface area (TPSA) is 368 Å². The summed E-state index contributed by atoms with van der Waals surface area (Å²) in [6, 6.07) is 11.6. The number of carbonyl (C=O) groups excluding carboxylic acids is 3. The molecule has 354 valence electrons. The number of aliphatic carboxylic acids is 1. The zero-order chi connectivity index (χ0) is 47.5. The molecule has 3 amide bonds. The van der Waals surface area contributed by atoms with Gasteiger partial charge < -0.3 is 70.1 Å². The number of benzene rings is 2. The van der Waals surface area contributed by atoms with Crippen LogP contribution in [0.3, 0.4) is 0 Å². The van der Waals surface area contributed by atoms with Gasteiger partial charge in [0.2, 0.25) is 17.7 Å². The van der Waals surface area contributed by atoms with E-state index in [0.717, 1.165) is 31.9 Å². The third-order valence-corrected chi connectivity index (χ3v) is 10.6. The maximum atomic E-state index is 13.2. The van der Waals surface area contributed by atoms with Crippen molar-refractivity contribution in [2.24, 2.45) is 16.2 Å². The van der Waals surface area contributed by atoms with Gasteiger partial charge in [0.15, 0.2) is 12.6 Å². The second kappa shape index (κ2) is 23.3. The third-order valence-electron chi connectivity index (χ3n) is 10.6. The molecule has 0 aliphatic carbocycles. The number of ether oxygens (including phenoxy) is 5. The second-order valence-corrected chi connectivity index (χ2v) is 15.6. The summed E-state index contributed by atoms with van der Waals surface area (Å²) < 4.78 is 28.4. The van der Waals surface area contributed by atoms with Crippen molar-refractivity contribution < 1.29 is 78.6 Å². The molecule has 2 heterocycles. The van der Waals surface area contributed by atoms with Crippen LogP contribution in [0.2, 0.25) is 0 Å². The third kappa shape index (κ3) is 13.3. The summed E-state index contributed by atoms with van der Waals surface area (Å²) in [5, 5.41) is 86.9. The van der Waals surface area contributed by atoms with Crippen molar-refractivity contribution in [3.8, 4) is 11.1 Å². The minimum atomic E-state index is -2.91. The van der Waals surface area contributed by atoms with Gasteiger partial charge in [0.25, 0.3) is 5.79 Å². The van der Waals surface area contributed by atoms with Gasteiger partial charge >= 0.3 is 5.97 Å². The van der Waals surface area contributed by atoms with Gasteiger partial charge in [-0.25, -0.2) is 10.6 Å². The van der Waals surface area contributed by atoms with E-state index in [4.69, 9.17) is 29.5 Å². The molecule has 2 fully saturated rings. The van der Waals surface area contributed by atoms with Gasteiger partial charge in [0.1, 0.15) is 61.4 Å². The molecule has 0 radical (unpaired) electrons. The van der Waals surface area contributed by atoms with E-state index in [2.05, 4.69) is 21.0 Å². The van der Waals surface area contributed by atoms with Crippen LogP contribution < -0.4 is 16.5 Å². The van der Waals surface area contributed by atoms with E-state index in [1.807, 2.05) is 30.3 Å². The van der Waals surface area contributed by atoms with Gasteiger partial charge in [-0.1, -0.05) is 65.0 Å². The predicted molar refractivity (Wildman–Crippen MR) is 219 cm³/mol. The number of nitrogens with two attached hydrogens (primary N) is 1. The Morgan fingerprint density at radius 3 is 2.08 bits per heavy atom. The molecule has 24 heteroatoms. The number of nitrogens with zero attached hydrogens (tertiary/aromatic N) is 3. The van der Waals surface area contributed by atoms with Crippen LogP contribution in [0.4, 0.5) is 0 Å². The Hall–Kier alpha value is -4.96. The summed E-state index contributed by atoms with van der Waals surface area (Å²) in [4.78, 5) is 73.5. The summed E-state index contributed by atoms with van der Waals surface area (Å²) in [5.41, 5.74) is 2.40. The average Bonchev–Trinajstić information content (AvgIpc) is 3.24. The number of hydrogen-bond donors (Lipinski definition) is 10. The van der Waals surface area contributed by atoms with Gasteiger partial charge in [0.05, 0.1) is 37.8 Å². The summed E-state index contributed by atoms with van der Waals surface area (Å²) in [6.07, 6.45) is -20.5. The molecular formula is C40H56N6O18. The van der Waals surface area contributed by atoms with Gasteiger partial charge in [-0.3, -0.25) is 19.4 Å². The molecule has 24 nitrogen and oxygen atoms in total. The van der Waals surface area contributed by atoms with Crippen LogP contribution in [-0.4, -0.2) is 176 Å². The number of carbonyl (C=O) groups is 4. The highest BCUT2D eigenvalue weighted by Gasteiger charge is 2.57. The number of carboxylic acids is 1. The summed E-state index contributed by atoms with van der Waals surface area (Å²) in [5.74, 6) is -0.919. The predicted octanol–water partition coefficient (Wildman–Crippen LogP) is -2.25. The molecule has 0 bridgehead atoms. The number of rotatable bonds is 22. The van der Waals surface area contributed by atoms with Crippen molar-refractivity contribution in [3.63, 3.8) is 0 Å². The molecule has 2 aromatic carbocycles. The molecule has 2 saturated heterocycles. The zero-order valence-corrected chi connectivity index (χ0v) is 35.4. The van der Waals surface area contributed by atoms with E-state index < -0.39 is 141 Å². The largest absolute Gasteiger partial charge is 0.477 e. The van der Waals surface area contributed by atoms with E-state index >= 15 is 0 Å². The number of nitroso groups, excluding NO2 is 2. The lowest BCUT2D eigenvalue weighted by Crippen LogP contribution is -2.68. The summed E-state index contributed by atoms with van der Waals surface area (Å²) >= 11 is 0. The fourth-order valence-electron chi connectivity index (χ4n) is 7.21.